The summed E-state index contributed by atoms with van der Waals surface area (Å²) in [5, 5.41) is 4.02. The van der Waals surface area contributed by atoms with Gasteiger partial charge >= 0.3 is 0 Å². The molecule has 1 aromatic heterocycles. The first-order chi connectivity index (χ1) is 10.3. The Morgan fingerprint density at radius 3 is 2.86 bits per heavy atom. The summed E-state index contributed by atoms with van der Waals surface area (Å²) >= 11 is 0. The van der Waals surface area contributed by atoms with Gasteiger partial charge in [0.05, 0.1) is 19.7 Å². The van der Waals surface area contributed by atoms with Gasteiger partial charge < -0.3 is 15.0 Å². The fraction of sp³-hybridized carbons (Fsp3) is 0.467. The van der Waals surface area contributed by atoms with Crippen molar-refractivity contribution in [1.82, 2.24) is 15.0 Å². The lowest BCUT2D eigenvalue weighted by atomic mass is 10.1. The number of nitrogens with zero attached hydrogens (tertiary/aromatic N) is 3. The summed E-state index contributed by atoms with van der Waals surface area (Å²) in [6.07, 6.45) is 2.48. The highest BCUT2D eigenvalue weighted by atomic mass is 16.5. The summed E-state index contributed by atoms with van der Waals surface area (Å²) in [7, 11) is 1.63. The molecular formula is C15H20N4O2. The molecular weight excluding hydrogens is 268 g/mol. The minimum Gasteiger partial charge on any atom is -0.496 e. The van der Waals surface area contributed by atoms with Crippen molar-refractivity contribution in [2.75, 3.05) is 20.2 Å². The van der Waals surface area contributed by atoms with E-state index in [2.05, 4.69) is 15.0 Å². The van der Waals surface area contributed by atoms with E-state index in [1.54, 1.807) is 7.11 Å². The number of aromatic nitrogens is 2. The Morgan fingerprint density at radius 2 is 2.10 bits per heavy atom. The van der Waals surface area contributed by atoms with E-state index in [4.69, 9.17) is 15.0 Å². The lowest BCUT2D eigenvalue weighted by Gasteiger charge is -2.12. The van der Waals surface area contributed by atoms with Crippen molar-refractivity contribution in [2.24, 2.45) is 5.73 Å². The highest BCUT2D eigenvalue weighted by molar-refractivity contribution is 5.38. The first kappa shape index (κ1) is 14.0. The molecule has 1 aromatic carbocycles. The number of likely N-dealkylation sites (tertiary alicyclic amines) is 1. The first-order valence-electron chi connectivity index (χ1n) is 7.21. The lowest BCUT2D eigenvalue weighted by Crippen LogP contribution is -2.19. The van der Waals surface area contributed by atoms with Crippen LogP contribution in [0.2, 0.25) is 0 Å². The van der Waals surface area contributed by atoms with Crippen molar-refractivity contribution in [3.8, 4) is 5.75 Å². The largest absolute Gasteiger partial charge is 0.496 e. The van der Waals surface area contributed by atoms with Gasteiger partial charge in [-0.15, -0.1) is 0 Å². The van der Waals surface area contributed by atoms with Gasteiger partial charge in [-0.1, -0.05) is 23.4 Å². The molecule has 2 N–H and O–H groups in total. The fourth-order valence-electron chi connectivity index (χ4n) is 2.65. The van der Waals surface area contributed by atoms with Crippen LogP contribution in [0.15, 0.2) is 28.8 Å². The first-order valence-corrected chi connectivity index (χ1v) is 7.21. The summed E-state index contributed by atoms with van der Waals surface area (Å²) in [6, 6.07) is 7.17. The molecule has 1 aliphatic rings. The molecule has 0 bridgehead atoms. The zero-order chi connectivity index (χ0) is 14.7. The number of hydrogen-bond acceptors (Lipinski definition) is 6. The average Bonchev–Trinajstić information content (AvgIpc) is 3.19. The van der Waals surface area contributed by atoms with Crippen LogP contribution in [-0.4, -0.2) is 35.2 Å². The zero-order valence-corrected chi connectivity index (χ0v) is 12.2. The van der Waals surface area contributed by atoms with Gasteiger partial charge in [-0.3, -0.25) is 4.90 Å². The zero-order valence-electron chi connectivity index (χ0n) is 12.2. The number of rotatable bonds is 5. The molecule has 0 aliphatic carbocycles. The van der Waals surface area contributed by atoms with E-state index in [1.165, 1.54) is 12.8 Å². The van der Waals surface area contributed by atoms with Crippen molar-refractivity contribution in [2.45, 2.75) is 25.4 Å². The molecule has 6 nitrogen and oxygen atoms in total. The Kier molecular flexibility index (Phi) is 4.17. The van der Waals surface area contributed by atoms with E-state index in [9.17, 15) is 0 Å². The Balaban J connectivity index is 1.75. The highest BCUT2D eigenvalue weighted by Crippen LogP contribution is 2.26. The summed E-state index contributed by atoms with van der Waals surface area (Å²) in [5.74, 6) is 1.85. The van der Waals surface area contributed by atoms with Crippen LogP contribution in [0.1, 0.15) is 36.2 Å². The smallest absolute Gasteiger partial charge is 0.240 e. The second kappa shape index (κ2) is 6.24. The molecule has 0 spiro atoms. The SMILES string of the molecule is COc1ccccc1[C@@H](N)c1noc(CN2CCCC2)n1. The van der Waals surface area contributed by atoms with E-state index in [1.807, 2.05) is 24.3 Å². The second-order valence-corrected chi connectivity index (χ2v) is 5.25. The molecule has 3 rings (SSSR count). The van der Waals surface area contributed by atoms with E-state index in [0.717, 1.165) is 24.4 Å². The third-order valence-electron chi connectivity index (χ3n) is 3.79. The van der Waals surface area contributed by atoms with Crippen LogP contribution in [0.3, 0.4) is 0 Å². The Bertz CT molecular complexity index is 593. The van der Waals surface area contributed by atoms with Gasteiger partial charge in [-0.05, 0) is 32.0 Å². The average molecular weight is 288 g/mol. The topological polar surface area (TPSA) is 77.4 Å². The van der Waals surface area contributed by atoms with Crippen molar-refractivity contribution in [1.29, 1.82) is 0 Å². The molecule has 0 saturated carbocycles. The van der Waals surface area contributed by atoms with E-state index in [-0.39, 0.29) is 0 Å². The lowest BCUT2D eigenvalue weighted by molar-refractivity contribution is 0.267. The molecule has 1 fully saturated rings. The second-order valence-electron chi connectivity index (χ2n) is 5.25. The molecule has 0 amide bonds. The standard InChI is InChI=1S/C15H20N4O2/c1-20-12-7-3-2-6-11(12)14(16)15-17-13(21-18-15)10-19-8-4-5-9-19/h2-3,6-7,14H,4-5,8-10,16H2,1H3/t14-/m1/s1. The summed E-state index contributed by atoms with van der Waals surface area (Å²) < 4.78 is 10.6. The molecule has 1 aliphatic heterocycles. The van der Waals surface area contributed by atoms with Gasteiger partial charge in [0, 0.05) is 5.56 Å². The van der Waals surface area contributed by atoms with Gasteiger partial charge in [0.2, 0.25) is 5.89 Å². The van der Waals surface area contributed by atoms with Crippen LogP contribution in [0.25, 0.3) is 0 Å². The summed E-state index contributed by atoms with van der Waals surface area (Å²) in [6.45, 7) is 2.89. The quantitative estimate of drug-likeness (QED) is 0.902. The van der Waals surface area contributed by atoms with Crippen LogP contribution < -0.4 is 10.5 Å². The van der Waals surface area contributed by atoms with Crippen molar-refractivity contribution in [3.63, 3.8) is 0 Å². The normalized spacial score (nSPS) is 17.0. The molecule has 0 unspecified atom stereocenters. The number of para-hydroxylation sites is 1. The Labute approximate surface area is 123 Å². The third kappa shape index (κ3) is 3.06. The van der Waals surface area contributed by atoms with E-state index in [0.29, 0.717) is 18.3 Å². The Morgan fingerprint density at radius 1 is 1.33 bits per heavy atom. The number of benzene rings is 1. The van der Waals surface area contributed by atoms with Gasteiger partial charge in [0.25, 0.3) is 0 Å². The number of methoxy groups -OCH3 is 1. The van der Waals surface area contributed by atoms with Crippen LogP contribution in [0.4, 0.5) is 0 Å². The van der Waals surface area contributed by atoms with Crippen LogP contribution in [0, 0.1) is 0 Å². The minimum atomic E-state index is -0.447. The minimum absolute atomic E-state index is 0.447. The maximum absolute atomic E-state index is 6.24. The van der Waals surface area contributed by atoms with Gasteiger partial charge in [-0.25, -0.2) is 0 Å². The summed E-state index contributed by atoms with van der Waals surface area (Å²) in [5.41, 5.74) is 7.09. The molecule has 2 heterocycles. The molecule has 0 radical (unpaired) electrons. The van der Waals surface area contributed by atoms with Crippen molar-refractivity contribution in [3.05, 3.63) is 41.5 Å². The molecule has 2 aromatic rings. The van der Waals surface area contributed by atoms with Crippen molar-refractivity contribution >= 4 is 0 Å². The van der Waals surface area contributed by atoms with Crippen molar-refractivity contribution < 1.29 is 9.26 Å². The van der Waals surface area contributed by atoms with Crippen LogP contribution >= 0.6 is 0 Å². The number of hydrogen-bond donors (Lipinski definition) is 1. The number of nitrogens with two attached hydrogens (primary N) is 1. The molecule has 112 valence electrons. The summed E-state index contributed by atoms with van der Waals surface area (Å²) in [4.78, 5) is 6.74. The monoisotopic (exact) mass is 288 g/mol. The van der Waals surface area contributed by atoms with Crippen LogP contribution in [0.5, 0.6) is 5.75 Å². The predicted molar refractivity (Wildman–Crippen MR) is 77.8 cm³/mol. The van der Waals surface area contributed by atoms with E-state index >= 15 is 0 Å². The van der Waals surface area contributed by atoms with Gasteiger partial charge in [-0.2, -0.15) is 4.98 Å². The maximum Gasteiger partial charge on any atom is 0.240 e. The Hall–Kier alpha value is -1.92. The van der Waals surface area contributed by atoms with Gasteiger partial charge in [0.15, 0.2) is 5.82 Å². The maximum atomic E-state index is 6.24. The number of ether oxygens (including phenoxy) is 1. The van der Waals surface area contributed by atoms with Crippen LogP contribution in [-0.2, 0) is 6.54 Å². The van der Waals surface area contributed by atoms with Gasteiger partial charge in [0.1, 0.15) is 5.75 Å². The molecule has 6 heteroatoms. The predicted octanol–water partition coefficient (Wildman–Crippen LogP) is 1.72. The fourth-order valence-corrected chi connectivity index (χ4v) is 2.65. The molecule has 1 atom stereocenters. The molecule has 1 saturated heterocycles. The highest BCUT2D eigenvalue weighted by Gasteiger charge is 2.21. The van der Waals surface area contributed by atoms with E-state index < -0.39 is 6.04 Å². The molecule has 21 heavy (non-hydrogen) atoms. The third-order valence-corrected chi connectivity index (χ3v) is 3.79.